The van der Waals surface area contributed by atoms with Crippen molar-refractivity contribution in [3.63, 3.8) is 0 Å². The molecule has 2 heterocycles. The van der Waals surface area contributed by atoms with E-state index in [1.54, 1.807) is 11.3 Å². The molecule has 4 rings (SSSR count). The molecule has 1 aliphatic heterocycles. The summed E-state index contributed by atoms with van der Waals surface area (Å²) in [5, 5.41) is 6.38. The molecule has 0 saturated carbocycles. The van der Waals surface area contributed by atoms with Crippen LogP contribution in [0.25, 0.3) is 10.1 Å². The van der Waals surface area contributed by atoms with Gasteiger partial charge in [-0.3, -0.25) is 4.79 Å². The van der Waals surface area contributed by atoms with Crippen LogP contribution >= 0.6 is 11.3 Å². The monoisotopic (exact) mass is 295 g/mol. The van der Waals surface area contributed by atoms with Gasteiger partial charge in [0.1, 0.15) is 5.75 Å². The van der Waals surface area contributed by atoms with Crippen molar-refractivity contribution in [2.75, 3.05) is 11.9 Å². The molecule has 1 unspecified atom stereocenters. The van der Waals surface area contributed by atoms with E-state index in [0.29, 0.717) is 6.54 Å². The Morgan fingerprint density at radius 3 is 3.00 bits per heavy atom. The Balaban J connectivity index is 1.69. The maximum Gasteiger partial charge on any atom is 0.206 e. The number of benzene rings is 2. The van der Waals surface area contributed by atoms with Crippen molar-refractivity contribution in [2.24, 2.45) is 0 Å². The Labute approximate surface area is 126 Å². The van der Waals surface area contributed by atoms with E-state index in [4.69, 9.17) is 4.74 Å². The average molecular weight is 295 g/mol. The van der Waals surface area contributed by atoms with E-state index in [9.17, 15) is 4.79 Å². The maximum atomic E-state index is 12.8. The molecular weight excluding hydrogens is 282 g/mol. The normalized spacial score (nSPS) is 16.9. The highest BCUT2D eigenvalue weighted by atomic mass is 32.1. The van der Waals surface area contributed by atoms with Crippen LogP contribution in [0.15, 0.2) is 53.9 Å². The second-order valence-electron chi connectivity index (χ2n) is 4.99. The number of ketones is 1. The third-order valence-corrected chi connectivity index (χ3v) is 4.63. The highest BCUT2D eigenvalue weighted by molar-refractivity contribution is 7.17. The van der Waals surface area contributed by atoms with E-state index in [1.165, 1.54) is 0 Å². The summed E-state index contributed by atoms with van der Waals surface area (Å²) in [5.74, 6) is 0.769. The molecule has 0 saturated heterocycles. The zero-order valence-corrected chi connectivity index (χ0v) is 12.0. The van der Waals surface area contributed by atoms with Gasteiger partial charge >= 0.3 is 0 Å². The van der Waals surface area contributed by atoms with Crippen molar-refractivity contribution < 1.29 is 9.53 Å². The van der Waals surface area contributed by atoms with E-state index in [-0.39, 0.29) is 5.78 Å². The molecule has 0 radical (unpaired) electrons. The molecule has 0 spiro atoms. The summed E-state index contributed by atoms with van der Waals surface area (Å²) >= 11 is 1.60. The van der Waals surface area contributed by atoms with Gasteiger partial charge in [0.05, 0.1) is 12.2 Å². The summed E-state index contributed by atoms with van der Waals surface area (Å²) in [7, 11) is 0. The molecule has 1 aliphatic rings. The lowest BCUT2D eigenvalue weighted by molar-refractivity contribution is 0.0803. The largest absolute Gasteiger partial charge is 0.478 e. The van der Waals surface area contributed by atoms with Crippen LogP contribution < -0.4 is 10.1 Å². The number of ether oxygens (including phenoxy) is 1. The van der Waals surface area contributed by atoms with E-state index in [1.807, 2.05) is 53.9 Å². The van der Waals surface area contributed by atoms with Crippen LogP contribution in [0.3, 0.4) is 0 Å². The van der Waals surface area contributed by atoms with Crippen LogP contribution in [0.1, 0.15) is 10.4 Å². The number of fused-ring (bicyclic) bond motifs is 2. The molecule has 104 valence electrons. The molecule has 3 nitrogen and oxygen atoms in total. The minimum Gasteiger partial charge on any atom is -0.478 e. The van der Waals surface area contributed by atoms with Gasteiger partial charge in [-0.1, -0.05) is 24.3 Å². The molecular formula is C17H13NO2S. The first kappa shape index (κ1) is 12.4. The molecule has 3 aromatic rings. The SMILES string of the molecule is O=C(c1cccc2ccsc12)C1CNc2ccccc2O1. The van der Waals surface area contributed by atoms with Crippen molar-refractivity contribution in [1.82, 2.24) is 0 Å². The number of carbonyl (C=O) groups is 1. The molecule has 1 aromatic heterocycles. The summed E-state index contributed by atoms with van der Waals surface area (Å²) in [6, 6.07) is 15.6. The lowest BCUT2D eigenvalue weighted by Gasteiger charge is -2.26. The zero-order chi connectivity index (χ0) is 14.2. The number of nitrogens with one attached hydrogen (secondary N) is 1. The molecule has 4 heteroatoms. The second kappa shape index (κ2) is 4.90. The van der Waals surface area contributed by atoms with Crippen molar-refractivity contribution in [3.05, 3.63) is 59.5 Å². The number of rotatable bonds is 2. The highest BCUT2D eigenvalue weighted by Gasteiger charge is 2.27. The van der Waals surface area contributed by atoms with Gasteiger partial charge in [0.15, 0.2) is 6.10 Å². The maximum absolute atomic E-state index is 12.8. The topological polar surface area (TPSA) is 38.3 Å². The van der Waals surface area contributed by atoms with E-state index >= 15 is 0 Å². The molecule has 0 aliphatic carbocycles. The Kier molecular flexibility index (Phi) is 2.89. The van der Waals surface area contributed by atoms with Crippen LogP contribution in [0, 0.1) is 0 Å². The van der Waals surface area contributed by atoms with Gasteiger partial charge in [-0.05, 0) is 35.0 Å². The second-order valence-corrected chi connectivity index (χ2v) is 5.91. The molecule has 0 amide bonds. The van der Waals surface area contributed by atoms with Crippen LogP contribution in [0.2, 0.25) is 0 Å². The number of hydrogen-bond acceptors (Lipinski definition) is 4. The van der Waals surface area contributed by atoms with Gasteiger partial charge in [0.2, 0.25) is 5.78 Å². The van der Waals surface area contributed by atoms with Gasteiger partial charge in [0, 0.05) is 10.3 Å². The Bertz CT molecular complexity index is 824. The van der Waals surface area contributed by atoms with E-state index in [2.05, 4.69) is 5.32 Å². The van der Waals surface area contributed by atoms with Gasteiger partial charge in [-0.15, -0.1) is 11.3 Å². The minimum absolute atomic E-state index is 0.0325. The lowest BCUT2D eigenvalue weighted by atomic mass is 10.0. The Hall–Kier alpha value is -2.33. The first-order valence-corrected chi connectivity index (χ1v) is 7.71. The number of Topliss-reactive ketones (excluding diaryl/α,β-unsaturated/α-hetero) is 1. The zero-order valence-electron chi connectivity index (χ0n) is 11.2. The van der Waals surface area contributed by atoms with Gasteiger partial charge in [-0.25, -0.2) is 0 Å². The standard InChI is InChI=1S/C17H13NO2S/c19-16(12-5-3-4-11-8-9-21-17(11)12)15-10-18-13-6-1-2-7-14(13)20-15/h1-9,15,18H,10H2. The summed E-state index contributed by atoms with van der Waals surface area (Å²) < 4.78 is 6.90. The molecule has 0 fully saturated rings. The van der Waals surface area contributed by atoms with Crippen molar-refractivity contribution in [1.29, 1.82) is 0 Å². The van der Waals surface area contributed by atoms with Crippen molar-refractivity contribution in [2.45, 2.75) is 6.10 Å². The summed E-state index contributed by atoms with van der Waals surface area (Å²) in [6.45, 7) is 0.498. The molecule has 2 aromatic carbocycles. The van der Waals surface area contributed by atoms with Crippen molar-refractivity contribution in [3.8, 4) is 5.75 Å². The van der Waals surface area contributed by atoms with Gasteiger partial charge < -0.3 is 10.1 Å². The van der Waals surface area contributed by atoms with Crippen LogP contribution in [-0.2, 0) is 0 Å². The smallest absolute Gasteiger partial charge is 0.206 e. The summed E-state index contributed by atoms with van der Waals surface area (Å²) in [5.41, 5.74) is 1.68. The predicted octanol–water partition coefficient (Wildman–Crippen LogP) is 3.96. The third kappa shape index (κ3) is 2.08. The summed E-state index contributed by atoms with van der Waals surface area (Å²) in [4.78, 5) is 12.8. The van der Waals surface area contributed by atoms with E-state index in [0.717, 1.165) is 27.1 Å². The van der Waals surface area contributed by atoms with Gasteiger partial charge in [-0.2, -0.15) is 0 Å². The van der Waals surface area contributed by atoms with Crippen molar-refractivity contribution >= 4 is 32.9 Å². The molecule has 1 N–H and O–H groups in total. The fourth-order valence-electron chi connectivity index (χ4n) is 2.62. The van der Waals surface area contributed by atoms with Gasteiger partial charge in [0.25, 0.3) is 0 Å². The number of hydrogen-bond donors (Lipinski definition) is 1. The quantitative estimate of drug-likeness (QED) is 0.727. The van der Waals surface area contributed by atoms with Crippen LogP contribution in [-0.4, -0.2) is 18.4 Å². The number of carbonyl (C=O) groups excluding carboxylic acids is 1. The number of anilines is 1. The minimum atomic E-state index is -0.479. The first-order valence-electron chi connectivity index (χ1n) is 6.83. The fraction of sp³-hybridized carbons (Fsp3) is 0.118. The molecule has 21 heavy (non-hydrogen) atoms. The third-order valence-electron chi connectivity index (χ3n) is 3.67. The van der Waals surface area contributed by atoms with Crippen LogP contribution in [0.4, 0.5) is 5.69 Å². The Morgan fingerprint density at radius 1 is 1.14 bits per heavy atom. The number of para-hydroxylation sites is 2. The number of thiophene rings is 1. The van der Waals surface area contributed by atoms with E-state index < -0.39 is 6.10 Å². The predicted molar refractivity (Wildman–Crippen MR) is 85.5 cm³/mol. The fourth-order valence-corrected chi connectivity index (χ4v) is 3.54. The molecule has 1 atom stereocenters. The summed E-state index contributed by atoms with van der Waals surface area (Å²) in [6.07, 6.45) is -0.479. The first-order chi connectivity index (χ1) is 10.3. The lowest BCUT2D eigenvalue weighted by Crippen LogP contribution is -2.37. The van der Waals surface area contributed by atoms with Crippen LogP contribution in [0.5, 0.6) is 5.75 Å². The Morgan fingerprint density at radius 2 is 2.05 bits per heavy atom. The average Bonchev–Trinajstić information content (AvgIpc) is 3.02. The molecule has 0 bridgehead atoms. The highest BCUT2D eigenvalue weighted by Crippen LogP contribution is 2.31.